The molecule has 0 unspecified atom stereocenters. The second-order valence-electron chi connectivity index (χ2n) is 6.87. The van der Waals surface area contributed by atoms with Gasteiger partial charge in [-0.15, -0.1) is 0 Å². The van der Waals surface area contributed by atoms with Crippen LogP contribution in [-0.4, -0.2) is 31.7 Å². The standard InChI is InChI=1S/C20H22F2N2O3S/c21-16-4-3-5-17(14-16)28(26,27)24-12-10-15(11-13-24)8-9-20(25)23-19-7-2-1-6-18(19)22/h1-7,14-15H,8-13H2,(H,23,25). The van der Waals surface area contributed by atoms with Crippen LogP contribution >= 0.6 is 0 Å². The van der Waals surface area contributed by atoms with E-state index in [0.29, 0.717) is 32.4 Å². The van der Waals surface area contributed by atoms with Gasteiger partial charge in [-0.3, -0.25) is 4.79 Å². The first-order valence-electron chi connectivity index (χ1n) is 9.16. The number of nitrogens with one attached hydrogen (secondary N) is 1. The number of hydrogen-bond acceptors (Lipinski definition) is 3. The zero-order chi connectivity index (χ0) is 20.1. The third-order valence-electron chi connectivity index (χ3n) is 4.93. The van der Waals surface area contributed by atoms with Gasteiger partial charge in [-0.05, 0) is 55.5 Å². The quantitative estimate of drug-likeness (QED) is 0.791. The molecule has 1 heterocycles. The fraction of sp³-hybridized carbons (Fsp3) is 0.350. The number of carbonyl (C=O) groups excluding carboxylic acids is 1. The van der Waals surface area contributed by atoms with Crippen LogP contribution in [0.4, 0.5) is 14.5 Å². The molecule has 150 valence electrons. The number of para-hydroxylation sites is 1. The summed E-state index contributed by atoms with van der Waals surface area (Å²) in [6.45, 7) is 0.664. The molecule has 1 fully saturated rings. The Morgan fingerprint density at radius 2 is 1.79 bits per heavy atom. The van der Waals surface area contributed by atoms with Gasteiger partial charge in [0.25, 0.3) is 0 Å². The molecule has 0 atom stereocenters. The molecular weight excluding hydrogens is 386 g/mol. The van der Waals surface area contributed by atoms with Gasteiger partial charge < -0.3 is 5.32 Å². The number of rotatable bonds is 6. The molecule has 1 saturated heterocycles. The molecule has 0 bridgehead atoms. The van der Waals surface area contributed by atoms with Crippen molar-refractivity contribution in [2.75, 3.05) is 18.4 Å². The summed E-state index contributed by atoms with van der Waals surface area (Å²) in [5.74, 6) is -1.12. The number of amides is 1. The Balaban J connectivity index is 1.49. The molecule has 2 aromatic carbocycles. The maximum atomic E-state index is 13.6. The van der Waals surface area contributed by atoms with Crippen molar-refractivity contribution in [1.82, 2.24) is 4.31 Å². The second kappa shape index (κ2) is 8.79. The molecule has 2 aromatic rings. The summed E-state index contributed by atoms with van der Waals surface area (Å²) in [5, 5.41) is 2.55. The van der Waals surface area contributed by atoms with Crippen molar-refractivity contribution < 1.29 is 22.0 Å². The van der Waals surface area contributed by atoms with E-state index in [1.807, 2.05) is 0 Å². The first-order chi connectivity index (χ1) is 13.4. The lowest BCUT2D eigenvalue weighted by molar-refractivity contribution is -0.116. The Hall–Kier alpha value is -2.32. The van der Waals surface area contributed by atoms with E-state index in [-0.39, 0.29) is 28.8 Å². The largest absolute Gasteiger partial charge is 0.324 e. The molecular formula is C20H22F2N2O3S. The summed E-state index contributed by atoms with van der Waals surface area (Å²) in [7, 11) is -3.71. The maximum Gasteiger partial charge on any atom is 0.243 e. The monoisotopic (exact) mass is 408 g/mol. The van der Waals surface area contributed by atoms with E-state index >= 15 is 0 Å². The molecule has 1 N–H and O–H groups in total. The third-order valence-corrected chi connectivity index (χ3v) is 6.83. The van der Waals surface area contributed by atoms with Gasteiger partial charge in [0, 0.05) is 19.5 Å². The normalized spacial score (nSPS) is 16.1. The first kappa shape index (κ1) is 20.4. The zero-order valence-corrected chi connectivity index (χ0v) is 16.1. The minimum Gasteiger partial charge on any atom is -0.324 e. The van der Waals surface area contributed by atoms with E-state index in [4.69, 9.17) is 0 Å². The van der Waals surface area contributed by atoms with Gasteiger partial charge in [0.05, 0.1) is 10.6 Å². The number of carbonyl (C=O) groups is 1. The molecule has 1 amide bonds. The molecule has 0 spiro atoms. The smallest absolute Gasteiger partial charge is 0.243 e. The summed E-state index contributed by atoms with van der Waals surface area (Å²) in [6.07, 6.45) is 2.10. The highest BCUT2D eigenvalue weighted by molar-refractivity contribution is 7.89. The number of hydrogen-bond donors (Lipinski definition) is 1. The van der Waals surface area contributed by atoms with E-state index in [0.717, 1.165) is 6.07 Å². The van der Waals surface area contributed by atoms with Crippen molar-refractivity contribution in [3.63, 3.8) is 0 Å². The molecule has 1 aliphatic heterocycles. The molecule has 0 saturated carbocycles. The van der Waals surface area contributed by atoms with Gasteiger partial charge in [0.1, 0.15) is 11.6 Å². The van der Waals surface area contributed by atoms with E-state index in [2.05, 4.69) is 5.32 Å². The van der Waals surface area contributed by atoms with Crippen LogP contribution in [0.3, 0.4) is 0 Å². The van der Waals surface area contributed by atoms with Crippen LogP contribution in [0.1, 0.15) is 25.7 Å². The maximum absolute atomic E-state index is 13.6. The summed E-state index contributed by atoms with van der Waals surface area (Å²) in [6, 6.07) is 11.0. The molecule has 28 heavy (non-hydrogen) atoms. The Kier molecular flexibility index (Phi) is 6.41. The Bertz CT molecular complexity index is 942. The number of halogens is 2. The summed E-state index contributed by atoms with van der Waals surface area (Å²) < 4.78 is 53.5. The van der Waals surface area contributed by atoms with Crippen LogP contribution in [0.15, 0.2) is 53.4 Å². The highest BCUT2D eigenvalue weighted by Crippen LogP contribution is 2.27. The molecule has 0 aliphatic carbocycles. The first-order valence-corrected chi connectivity index (χ1v) is 10.6. The highest BCUT2D eigenvalue weighted by atomic mass is 32.2. The number of sulfonamides is 1. The van der Waals surface area contributed by atoms with Crippen LogP contribution < -0.4 is 5.32 Å². The fourth-order valence-corrected chi connectivity index (χ4v) is 4.83. The lowest BCUT2D eigenvalue weighted by Gasteiger charge is -2.31. The van der Waals surface area contributed by atoms with Crippen molar-refractivity contribution in [1.29, 1.82) is 0 Å². The summed E-state index contributed by atoms with van der Waals surface area (Å²) in [5.41, 5.74) is 0.156. The second-order valence-corrected chi connectivity index (χ2v) is 8.81. The summed E-state index contributed by atoms with van der Waals surface area (Å²) in [4.78, 5) is 12.0. The van der Waals surface area contributed by atoms with Gasteiger partial charge in [-0.1, -0.05) is 18.2 Å². The van der Waals surface area contributed by atoms with Crippen LogP contribution in [0, 0.1) is 17.6 Å². The Labute approximate surface area is 163 Å². The highest BCUT2D eigenvalue weighted by Gasteiger charge is 2.29. The number of nitrogens with zero attached hydrogens (tertiary/aromatic N) is 1. The van der Waals surface area contributed by atoms with E-state index in [1.165, 1.54) is 34.6 Å². The molecule has 1 aliphatic rings. The SMILES string of the molecule is O=C(CCC1CCN(S(=O)(=O)c2cccc(F)c2)CC1)Nc1ccccc1F. The predicted molar refractivity (Wildman–Crippen MR) is 102 cm³/mol. The van der Waals surface area contributed by atoms with Crippen LogP contribution in [0.2, 0.25) is 0 Å². The average molecular weight is 408 g/mol. The number of piperidine rings is 1. The zero-order valence-electron chi connectivity index (χ0n) is 15.3. The molecule has 3 rings (SSSR count). The van der Waals surface area contributed by atoms with Gasteiger partial charge in [0.15, 0.2) is 0 Å². The van der Waals surface area contributed by atoms with Crippen molar-refractivity contribution in [3.05, 3.63) is 60.2 Å². The van der Waals surface area contributed by atoms with Crippen LogP contribution in [0.25, 0.3) is 0 Å². The van der Waals surface area contributed by atoms with Crippen molar-refractivity contribution in [2.45, 2.75) is 30.6 Å². The minimum absolute atomic E-state index is 0.0461. The lowest BCUT2D eigenvalue weighted by atomic mass is 9.93. The number of anilines is 1. The van der Waals surface area contributed by atoms with Crippen LogP contribution in [0.5, 0.6) is 0 Å². The number of benzene rings is 2. The van der Waals surface area contributed by atoms with Crippen LogP contribution in [-0.2, 0) is 14.8 Å². The Morgan fingerprint density at radius 3 is 2.46 bits per heavy atom. The lowest BCUT2D eigenvalue weighted by Crippen LogP contribution is -2.38. The average Bonchev–Trinajstić information content (AvgIpc) is 2.68. The molecule has 0 aromatic heterocycles. The third kappa shape index (κ3) is 4.94. The van der Waals surface area contributed by atoms with Gasteiger partial charge in [-0.25, -0.2) is 17.2 Å². The van der Waals surface area contributed by atoms with E-state index in [9.17, 15) is 22.0 Å². The topological polar surface area (TPSA) is 66.5 Å². The van der Waals surface area contributed by atoms with Crippen molar-refractivity contribution >= 4 is 21.6 Å². The molecule has 0 radical (unpaired) electrons. The summed E-state index contributed by atoms with van der Waals surface area (Å²) >= 11 is 0. The van der Waals surface area contributed by atoms with Crippen molar-refractivity contribution in [2.24, 2.45) is 5.92 Å². The molecule has 8 heteroatoms. The Morgan fingerprint density at radius 1 is 1.07 bits per heavy atom. The molecule has 5 nitrogen and oxygen atoms in total. The van der Waals surface area contributed by atoms with E-state index in [1.54, 1.807) is 12.1 Å². The minimum atomic E-state index is -3.71. The van der Waals surface area contributed by atoms with Crippen molar-refractivity contribution in [3.8, 4) is 0 Å². The fourth-order valence-electron chi connectivity index (χ4n) is 3.33. The van der Waals surface area contributed by atoms with Gasteiger partial charge in [0.2, 0.25) is 15.9 Å². The van der Waals surface area contributed by atoms with Gasteiger partial charge in [-0.2, -0.15) is 4.31 Å². The van der Waals surface area contributed by atoms with E-state index < -0.39 is 21.7 Å². The van der Waals surface area contributed by atoms with Gasteiger partial charge >= 0.3 is 0 Å². The predicted octanol–water partition coefficient (Wildman–Crippen LogP) is 3.78.